The van der Waals surface area contributed by atoms with E-state index in [0.717, 1.165) is 60.7 Å². The van der Waals surface area contributed by atoms with Gasteiger partial charge in [-0.3, -0.25) is 4.57 Å². The van der Waals surface area contributed by atoms with Crippen molar-refractivity contribution in [2.45, 2.75) is 0 Å². The summed E-state index contributed by atoms with van der Waals surface area (Å²) in [4.78, 5) is 10.7. The first kappa shape index (κ1) is 30.9. The van der Waals surface area contributed by atoms with E-state index in [1.165, 1.54) is 49.0 Å². The van der Waals surface area contributed by atoms with Crippen LogP contribution < -0.4 is 0 Å². The lowest BCUT2D eigenvalue weighted by molar-refractivity contribution is 0.669. The second-order valence-electron chi connectivity index (χ2n) is 14.5. The first-order valence-corrected chi connectivity index (χ1v) is 19.0. The van der Waals surface area contributed by atoms with E-state index in [1.807, 2.05) is 12.1 Å². The molecule has 4 nitrogen and oxygen atoms in total. The third-order valence-corrected chi connectivity index (χ3v) is 11.4. The third kappa shape index (κ3) is 4.53. The molecule has 0 fully saturated rings. The van der Waals surface area contributed by atoms with Gasteiger partial charge in [-0.1, -0.05) is 152 Å². The number of hydrogen-bond acceptors (Lipinski definition) is 3. The zero-order valence-electron chi connectivity index (χ0n) is 30.1. The maximum absolute atomic E-state index is 6.27. The normalized spacial score (nSPS) is 11.9. The molecule has 0 aliphatic heterocycles. The number of fused-ring (bicyclic) bond motifs is 11. The van der Waals surface area contributed by atoms with E-state index in [4.69, 9.17) is 14.4 Å². The van der Waals surface area contributed by atoms with Crippen LogP contribution >= 0.6 is 0 Å². The highest BCUT2D eigenvalue weighted by Crippen LogP contribution is 2.43. The predicted octanol–water partition coefficient (Wildman–Crippen LogP) is 13.9. The predicted molar refractivity (Wildman–Crippen MR) is 232 cm³/mol. The zero-order valence-corrected chi connectivity index (χ0v) is 30.1. The van der Waals surface area contributed by atoms with Crippen LogP contribution in [0.5, 0.6) is 0 Å². The van der Waals surface area contributed by atoms with Crippen molar-refractivity contribution in [3.63, 3.8) is 0 Å². The monoisotopic (exact) mass is 713 g/mol. The molecule has 4 heteroatoms. The Bertz CT molecular complexity index is 3540. The first-order valence-electron chi connectivity index (χ1n) is 19.0. The van der Waals surface area contributed by atoms with E-state index >= 15 is 0 Å². The van der Waals surface area contributed by atoms with Crippen LogP contribution in [0, 0.1) is 0 Å². The fourth-order valence-electron chi connectivity index (χ4n) is 8.95. The Kier molecular flexibility index (Phi) is 6.60. The van der Waals surface area contributed by atoms with Crippen molar-refractivity contribution in [1.29, 1.82) is 0 Å². The van der Waals surface area contributed by atoms with Crippen molar-refractivity contribution >= 4 is 76.2 Å². The first-order chi connectivity index (χ1) is 27.8. The van der Waals surface area contributed by atoms with Gasteiger partial charge in [0.2, 0.25) is 5.95 Å². The van der Waals surface area contributed by atoms with Crippen LogP contribution in [-0.2, 0) is 0 Å². The molecule has 3 aromatic heterocycles. The second-order valence-corrected chi connectivity index (χ2v) is 14.5. The third-order valence-electron chi connectivity index (χ3n) is 11.4. The van der Waals surface area contributed by atoms with Gasteiger partial charge in [-0.2, -0.15) is 0 Å². The SMILES string of the molecule is c1ccc(-c2cccc(-c3nc(-n4c5ccccc5c5c6cccc(-c7cccc8c7ccc7oc9ccccc9c78)c6ccc54)nc4ccccc34)c2)cc1. The molecular formula is C52H31N3O. The molecule has 56 heavy (non-hydrogen) atoms. The number of rotatable bonds is 4. The van der Waals surface area contributed by atoms with E-state index in [-0.39, 0.29) is 0 Å². The number of para-hydroxylation sites is 3. The van der Waals surface area contributed by atoms with E-state index in [2.05, 4.69) is 180 Å². The maximum atomic E-state index is 6.27. The topological polar surface area (TPSA) is 43.9 Å². The molecule has 12 aromatic rings. The van der Waals surface area contributed by atoms with Crippen LogP contribution in [0.3, 0.4) is 0 Å². The molecule has 0 radical (unpaired) electrons. The summed E-state index contributed by atoms with van der Waals surface area (Å²) in [5.74, 6) is 0.649. The summed E-state index contributed by atoms with van der Waals surface area (Å²) < 4.78 is 8.51. The summed E-state index contributed by atoms with van der Waals surface area (Å²) in [5.41, 5.74) is 11.5. The van der Waals surface area contributed by atoms with Crippen molar-refractivity contribution in [2.75, 3.05) is 0 Å². The average molecular weight is 714 g/mol. The smallest absolute Gasteiger partial charge is 0.235 e. The quantitative estimate of drug-likeness (QED) is 0.182. The minimum absolute atomic E-state index is 0.649. The molecule has 0 saturated heterocycles. The molecule has 260 valence electrons. The Morgan fingerprint density at radius 2 is 0.982 bits per heavy atom. The molecular weight excluding hydrogens is 683 g/mol. The van der Waals surface area contributed by atoms with E-state index in [0.29, 0.717) is 5.95 Å². The van der Waals surface area contributed by atoms with Crippen LogP contribution in [0.2, 0.25) is 0 Å². The van der Waals surface area contributed by atoms with Crippen LogP contribution in [0.1, 0.15) is 0 Å². The minimum Gasteiger partial charge on any atom is -0.456 e. The summed E-state index contributed by atoms with van der Waals surface area (Å²) in [5, 5.41) is 10.5. The van der Waals surface area contributed by atoms with Gasteiger partial charge in [-0.05, 0) is 80.2 Å². The number of hydrogen-bond donors (Lipinski definition) is 0. The average Bonchev–Trinajstić information content (AvgIpc) is 3.82. The van der Waals surface area contributed by atoms with Gasteiger partial charge >= 0.3 is 0 Å². The molecule has 0 N–H and O–H groups in total. The van der Waals surface area contributed by atoms with Gasteiger partial charge in [-0.25, -0.2) is 9.97 Å². The summed E-state index contributed by atoms with van der Waals surface area (Å²) in [6, 6.07) is 66.7. The van der Waals surface area contributed by atoms with Crippen molar-refractivity contribution in [3.8, 4) is 39.5 Å². The second kappa shape index (κ2) is 12.0. The lowest BCUT2D eigenvalue weighted by Gasteiger charge is -2.13. The van der Waals surface area contributed by atoms with Crippen molar-refractivity contribution in [3.05, 3.63) is 188 Å². The number of benzene rings is 9. The minimum atomic E-state index is 0.649. The van der Waals surface area contributed by atoms with Crippen LogP contribution in [-0.4, -0.2) is 14.5 Å². The maximum Gasteiger partial charge on any atom is 0.235 e. The molecule has 0 amide bonds. The van der Waals surface area contributed by atoms with Crippen LogP contribution in [0.4, 0.5) is 0 Å². The molecule has 0 aliphatic rings. The summed E-state index contributed by atoms with van der Waals surface area (Å²) in [6.07, 6.45) is 0. The highest BCUT2D eigenvalue weighted by atomic mass is 16.3. The Hall–Kier alpha value is -7.56. The lowest BCUT2D eigenvalue weighted by Crippen LogP contribution is -2.03. The molecule has 0 saturated carbocycles. The molecule has 0 atom stereocenters. The highest BCUT2D eigenvalue weighted by molar-refractivity contribution is 6.25. The Morgan fingerprint density at radius 3 is 1.82 bits per heavy atom. The summed E-state index contributed by atoms with van der Waals surface area (Å²) >= 11 is 0. The van der Waals surface area contributed by atoms with Gasteiger partial charge in [0.25, 0.3) is 0 Å². The van der Waals surface area contributed by atoms with Gasteiger partial charge < -0.3 is 4.42 Å². The fourth-order valence-corrected chi connectivity index (χ4v) is 8.95. The van der Waals surface area contributed by atoms with Crippen molar-refractivity contribution < 1.29 is 4.42 Å². The van der Waals surface area contributed by atoms with Gasteiger partial charge in [-0.15, -0.1) is 0 Å². The van der Waals surface area contributed by atoms with Gasteiger partial charge in [0.05, 0.1) is 22.2 Å². The standard InChI is InChI=1S/C52H31N3O/c1-2-13-32(14-3-1)33-15-10-16-34(31-33)51-41-17-4-7-24-44(41)53-52(54-51)55-45-25-8-5-18-42(45)49-39-22-11-20-35(37(39)27-29-46(49)55)36-21-12-23-40-38(36)28-30-48-50(40)43-19-6-9-26-47(43)56-48/h1-31H. The van der Waals surface area contributed by atoms with E-state index in [9.17, 15) is 0 Å². The van der Waals surface area contributed by atoms with Gasteiger partial charge in [0, 0.05) is 32.5 Å². The Labute approximate surface area is 321 Å². The fraction of sp³-hybridized carbons (Fsp3) is 0. The number of aromatic nitrogens is 3. The molecule has 9 aromatic carbocycles. The van der Waals surface area contributed by atoms with Gasteiger partial charge in [0.1, 0.15) is 11.2 Å². The summed E-state index contributed by atoms with van der Waals surface area (Å²) in [6.45, 7) is 0. The molecule has 0 unspecified atom stereocenters. The van der Waals surface area contributed by atoms with Crippen molar-refractivity contribution in [1.82, 2.24) is 14.5 Å². The summed E-state index contributed by atoms with van der Waals surface area (Å²) in [7, 11) is 0. The van der Waals surface area contributed by atoms with Crippen LogP contribution in [0.25, 0.3) is 116 Å². The van der Waals surface area contributed by atoms with Gasteiger partial charge in [0.15, 0.2) is 0 Å². The van der Waals surface area contributed by atoms with E-state index < -0.39 is 0 Å². The molecule has 12 rings (SSSR count). The Balaban J connectivity index is 1.09. The number of furan rings is 1. The molecule has 0 bridgehead atoms. The number of nitrogens with zero attached hydrogens (tertiary/aromatic N) is 3. The molecule has 0 aliphatic carbocycles. The molecule has 3 heterocycles. The largest absolute Gasteiger partial charge is 0.456 e. The van der Waals surface area contributed by atoms with Crippen LogP contribution in [0.15, 0.2) is 192 Å². The Morgan fingerprint density at radius 1 is 0.357 bits per heavy atom. The highest BCUT2D eigenvalue weighted by Gasteiger charge is 2.21. The van der Waals surface area contributed by atoms with Crippen molar-refractivity contribution in [2.24, 2.45) is 0 Å². The molecule has 0 spiro atoms. The van der Waals surface area contributed by atoms with E-state index in [1.54, 1.807) is 0 Å². The lowest BCUT2D eigenvalue weighted by atomic mass is 9.91. The zero-order chi connectivity index (χ0) is 36.7.